The number of aromatic nitrogens is 2. The molecule has 3 atom stereocenters. The highest BCUT2D eigenvalue weighted by atomic mass is 35.5. The van der Waals surface area contributed by atoms with Gasteiger partial charge in [-0.05, 0) is 67.9 Å². The van der Waals surface area contributed by atoms with Crippen LogP contribution in [0.5, 0.6) is 17.2 Å². The molecule has 0 spiro atoms. The van der Waals surface area contributed by atoms with Crippen molar-refractivity contribution in [3.8, 4) is 28.5 Å². The van der Waals surface area contributed by atoms with Gasteiger partial charge in [0.15, 0.2) is 24.4 Å². The van der Waals surface area contributed by atoms with Crippen LogP contribution in [0.2, 0.25) is 15.2 Å². The highest BCUT2D eigenvalue weighted by Crippen LogP contribution is 2.38. The number of carboxylic acid groups (broad SMARTS) is 2. The molecule has 14 nitrogen and oxygen atoms in total. The smallest absolute Gasteiger partial charge is 0.416 e. The van der Waals surface area contributed by atoms with E-state index in [0.29, 0.717) is 17.5 Å². The summed E-state index contributed by atoms with van der Waals surface area (Å²) in [6, 6.07) is 16.3. The summed E-state index contributed by atoms with van der Waals surface area (Å²) >= 11 is 18.8. The van der Waals surface area contributed by atoms with Crippen molar-refractivity contribution < 1.29 is 66.2 Å². The molecular formula is C41H46Cl3F3N3O11PS. The molecule has 0 amide bonds. The topological polar surface area (TPSA) is 226 Å². The van der Waals surface area contributed by atoms with Gasteiger partial charge in [0.05, 0.1) is 21.2 Å². The van der Waals surface area contributed by atoms with Gasteiger partial charge in [-0.2, -0.15) is 13.2 Å². The number of aliphatic carboxylic acids is 2. The minimum atomic E-state index is -4.56. The minimum absolute atomic E-state index is 0.0246. The van der Waals surface area contributed by atoms with Crippen molar-refractivity contribution in [2.75, 3.05) is 18.6 Å². The quantitative estimate of drug-likeness (QED) is 0.0413. The maximum absolute atomic E-state index is 12.7. The Labute approximate surface area is 381 Å². The number of thioether (sulfide) groups is 1. The molecule has 0 fully saturated rings. The number of hydrogen-bond donors (Lipinski definition) is 4. The third kappa shape index (κ3) is 21.2. The van der Waals surface area contributed by atoms with Gasteiger partial charge in [-0.25, -0.2) is 14.4 Å². The van der Waals surface area contributed by atoms with Gasteiger partial charge in [0.2, 0.25) is 0 Å². The standard InChI is InChI=1S/C19H23ClN2O2S.C17H11Cl2F3O5.C5H12NO4P/c1-2-3-4-5-6-10-13-25-19(23)24-16-14-17(20)21-22-18(16)15-11-8-7-9-12-15;1-8(15(23)24)26-16(25)11-7-10(3-4-12(11)18)27-14-5-2-9(6-13(14)19)17(20,21)22;1-11(9,10)3-2-4(6)5(7)8/h7-9,11-12,14H,2-6,10,13H2,1H3;2-8H,1H3,(H,23,24);4H,2-3,6H2,1H3,(H,7,8)(H,9,10)/t;8-;/m.0./s1. The monoisotopic (exact) mass is 981 g/mol. The zero-order chi connectivity index (χ0) is 47.3. The second-order valence-electron chi connectivity index (χ2n) is 13.5. The fourth-order valence-electron chi connectivity index (χ4n) is 4.77. The number of unbranched alkanes of at least 4 members (excludes halogenated alkanes) is 5. The number of halogens is 6. The number of carboxylic acids is 2. The van der Waals surface area contributed by atoms with Crippen LogP contribution in [0.15, 0.2) is 72.8 Å². The van der Waals surface area contributed by atoms with Crippen LogP contribution in [-0.2, 0) is 25.1 Å². The molecule has 344 valence electrons. The first-order valence-corrected chi connectivity index (χ1v) is 23.4. The number of nitrogens with two attached hydrogens (primary N) is 1. The van der Waals surface area contributed by atoms with E-state index in [9.17, 15) is 36.9 Å². The lowest BCUT2D eigenvalue weighted by Crippen LogP contribution is -2.30. The van der Waals surface area contributed by atoms with Crippen molar-refractivity contribution in [1.82, 2.24) is 10.2 Å². The Morgan fingerprint density at radius 3 is 2.10 bits per heavy atom. The number of carbonyl (C=O) groups excluding carboxylic acids is 2. The van der Waals surface area contributed by atoms with E-state index in [1.807, 2.05) is 30.3 Å². The third-order valence-corrected chi connectivity index (χ3v) is 10.8. The fraction of sp³-hybridized carbons (Fsp3) is 0.366. The number of hydrogen-bond acceptors (Lipinski definition) is 12. The number of nitrogens with zero attached hydrogens (tertiary/aromatic N) is 2. The molecule has 4 rings (SSSR count). The summed E-state index contributed by atoms with van der Waals surface area (Å²) < 4.78 is 64.2. The van der Waals surface area contributed by atoms with Crippen LogP contribution in [0.3, 0.4) is 0 Å². The highest BCUT2D eigenvalue weighted by molar-refractivity contribution is 8.13. The van der Waals surface area contributed by atoms with Crippen molar-refractivity contribution in [2.45, 2.75) is 77.1 Å². The van der Waals surface area contributed by atoms with Crippen molar-refractivity contribution in [3.63, 3.8) is 0 Å². The van der Waals surface area contributed by atoms with Crippen LogP contribution >= 0.6 is 53.9 Å². The second-order valence-corrected chi connectivity index (χ2v) is 18.3. The molecule has 0 aliphatic heterocycles. The maximum Gasteiger partial charge on any atom is 0.416 e. The number of benzene rings is 3. The normalized spacial score (nSPS) is 12.8. The van der Waals surface area contributed by atoms with Gasteiger partial charge in [-0.3, -0.25) is 9.36 Å². The number of rotatable bonds is 18. The number of alkyl halides is 3. The van der Waals surface area contributed by atoms with Crippen LogP contribution in [0.25, 0.3) is 11.3 Å². The Hall–Kier alpha value is -4.42. The van der Waals surface area contributed by atoms with Crippen LogP contribution in [0.1, 0.15) is 74.7 Å². The van der Waals surface area contributed by atoms with Crippen LogP contribution < -0.4 is 15.2 Å². The summed E-state index contributed by atoms with van der Waals surface area (Å²) in [4.78, 5) is 53.8. The van der Waals surface area contributed by atoms with E-state index in [1.54, 1.807) is 0 Å². The minimum Gasteiger partial charge on any atom is -0.480 e. The van der Waals surface area contributed by atoms with Gasteiger partial charge in [0.25, 0.3) is 0 Å². The van der Waals surface area contributed by atoms with Crippen molar-refractivity contribution in [1.29, 1.82) is 0 Å². The Morgan fingerprint density at radius 1 is 0.857 bits per heavy atom. The van der Waals surface area contributed by atoms with Gasteiger partial charge >= 0.3 is 29.4 Å². The fourth-order valence-corrected chi connectivity index (χ4v) is 6.74. The summed E-state index contributed by atoms with van der Waals surface area (Å²) in [6.45, 7) is 4.55. The Bertz CT molecular complexity index is 2190. The van der Waals surface area contributed by atoms with Crippen molar-refractivity contribution in [3.05, 3.63) is 99.1 Å². The predicted molar refractivity (Wildman–Crippen MR) is 236 cm³/mol. The molecule has 0 radical (unpaired) electrons. The lowest BCUT2D eigenvalue weighted by Gasteiger charge is -2.13. The largest absolute Gasteiger partial charge is 0.480 e. The third-order valence-electron chi connectivity index (χ3n) is 8.14. The van der Waals surface area contributed by atoms with Crippen LogP contribution in [0, 0.1) is 0 Å². The molecule has 0 bridgehead atoms. The number of carbonyl (C=O) groups is 4. The summed E-state index contributed by atoms with van der Waals surface area (Å²) in [5.74, 6) is -2.42. The Kier molecular flexibility index (Phi) is 23.5. The number of ether oxygens (including phenoxy) is 3. The predicted octanol–water partition coefficient (Wildman–Crippen LogP) is 11.5. The molecule has 0 saturated heterocycles. The highest BCUT2D eigenvalue weighted by Gasteiger charge is 2.31. The molecule has 22 heteroatoms. The van der Waals surface area contributed by atoms with E-state index >= 15 is 0 Å². The average Bonchev–Trinajstić information content (AvgIpc) is 3.21. The first-order chi connectivity index (χ1) is 29.5. The summed E-state index contributed by atoms with van der Waals surface area (Å²) in [6.07, 6.45) is 1.24. The first kappa shape index (κ1) is 54.7. The maximum atomic E-state index is 12.7. The molecule has 3 aromatic carbocycles. The van der Waals surface area contributed by atoms with Gasteiger partial charge in [0, 0.05) is 30.2 Å². The average molecular weight is 983 g/mol. The van der Waals surface area contributed by atoms with Crippen LogP contribution in [0.4, 0.5) is 18.0 Å². The molecule has 4 aromatic rings. The molecule has 1 aromatic heterocycles. The molecule has 0 saturated carbocycles. The van der Waals surface area contributed by atoms with Gasteiger partial charge in [0.1, 0.15) is 23.2 Å². The number of esters is 1. The molecule has 63 heavy (non-hydrogen) atoms. The molecular weight excluding hydrogens is 937 g/mol. The lowest BCUT2D eigenvalue weighted by molar-refractivity contribution is -0.146. The van der Waals surface area contributed by atoms with Crippen LogP contribution in [-0.4, -0.2) is 79.2 Å². The lowest BCUT2D eigenvalue weighted by atomic mass is 10.1. The van der Waals surface area contributed by atoms with E-state index < -0.39 is 49.2 Å². The second kappa shape index (κ2) is 27.0. The summed E-state index contributed by atoms with van der Waals surface area (Å²) in [7, 11) is -3.10. The molecule has 0 aliphatic rings. The SMILES string of the molecule is CCCCCCCCSC(=O)Oc1cc(Cl)nnc1-c1ccccc1.CP(=O)(O)CCC(N)C(=O)O.C[C@H](OC(=O)c1cc(Oc2ccc(C(F)(F)F)cc2Cl)ccc1Cl)C(=O)O. The Morgan fingerprint density at radius 2 is 1.51 bits per heavy atom. The van der Waals surface area contributed by atoms with E-state index in [4.69, 9.17) is 69.9 Å². The van der Waals surface area contributed by atoms with Crippen molar-refractivity contribution in [2.24, 2.45) is 5.73 Å². The van der Waals surface area contributed by atoms with E-state index in [2.05, 4.69) is 17.1 Å². The molecule has 2 unspecified atom stereocenters. The molecule has 1 heterocycles. The van der Waals surface area contributed by atoms with Gasteiger partial charge in [-0.15, -0.1) is 10.2 Å². The van der Waals surface area contributed by atoms with E-state index in [-0.39, 0.29) is 50.1 Å². The van der Waals surface area contributed by atoms with Gasteiger partial charge < -0.3 is 35.1 Å². The zero-order valence-electron chi connectivity index (χ0n) is 34.1. The van der Waals surface area contributed by atoms with Crippen molar-refractivity contribution >= 4 is 77.1 Å². The molecule has 5 N–H and O–H groups in total. The van der Waals surface area contributed by atoms with E-state index in [0.717, 1.165) is 49.3 Å². The first-order valence-electron chi connectivity index (χ1n) is 19.0. The Balaban J connectivity index is 0.000000353. The molecule has 0 aliphatic carbocycles. The summed E-state index contributed by atoms with van der Waals surface area (Å²) in [5.41, 5.74) is 5.32. The van der Waals surface area contributed by atoms with E-state index in [1.165, 1.54) is 62.3 Å². The van der Waals surface area contributed by atoms with Gasteiger partial charge in [-0.1, -0.05) is 104 Å². The zero-order valence-corrected chi connectivity index (χ0v) is 38.1. The summed E-state index contributed by atoms with van der Waals surface area (Å²) in [5, 5.41) is 24.5.